The van der Waals surface area contributed by atoms with Gasteiger partial charge >= 0.3 is 0 Å². The molecule has 9 nitrogen and oxygen atoms in total. The van der Waals surface area contributed by atoms with Gasteiger partial charge in [0.15, 0.2) is 5.60 Å². The highest BCUT2D eigenvalue weighted by molar-refractivity contribution is 9.10. The number of carbonyl (C=O) groups is 2. The maximum Gasteiger partial charge on any atom is 0.264 e. The average Bonchev–Trinajstić information content (AvgIpc) is 3.75. The van der Waals surface area contributed by atoms with Crippen molar-refractivity contribution in [2.75, 3.05) is 23.0 Å². The average molecular weight is 671 g/mol. The van der Waals surface area contributed by atoms with Gasteiger partial charge in [-0.15, -0.1) is 5.10 Å². The molecule has 3 atom stereocenters. The van der Waals surface area contributed by atoms with Crippen LogP contribution in [-0.4, -0.2) is 50.2 Å². The van der Waals surface area contributed by atoms with Gasteiger partial charge in [0.2, 0.25) is 5.91 Å². The van der Waals surface area contributed by atoms with Crippen LogP contribution in [0, 0.1) is 5.92 Å². The Morgan fingerprint density at radius 1 is 1.07 bits per heavy atom. The lowest BCUT2D eigenvalue weighted by Crippen LogP contribution is -2.44. The highest BCUT2D eigenvalue weighted by atomic mass is 79.9. The molecule has 1 fully saturated rings. The summed E-state index contributed by atoms with van der Waals surface area (Å²) >= 11 is 3.52. The minimum Gasteiger partial charge on any atom is -0.395 e. The van der Waals surface area contributed by atoms with E-state index in [4.69, 9.17) is 0 Å². The van der Waals surface area contributed by atoms with Crippen molar-refractivity contribution in [1.82, 2.24) is 15.0 Å². The number of carbonyl (C=O) groups excluding carboxylic acids is 2. The minimum absolute atomic E-state index is 0.0632. The molecule has 1 saturated heterocycles. The summed E-state index contributed by atoms with van der Waals surface area (Å²) in [6, 6.07) is 23.0. The van der Waals surface area contributed by atoms with E-state index >= 15 is 0 Å². The number of fused-ring (bicyclic) bond motifs is 1. The zero-order valence-corrected chi connectivity index (χ0v) is 26.7. The first-order chi connectivity index (χ1) is 21.8. The van der Waals surface area contributed by atoms with Crippen molar-refractivity contribution in [2.45, 2.75) is 50.8 Å². The second-order valence-electron chi connectivity index (χ2n) is 11.7. The number of hydrogen-bond acceptors (Lipinski definition) is 6. The second kappa shape index (κ2) is 13.1. The Hall–Kier alpha value is -4.12. The molecular formula is C35H36BrN5O4. The van der Waals surface area contributed by atoms with Crippen LogP contribution in [-0.2, 0) is 28.3 Å². The van der Waals surface area contributed by atoms with Crippen molar-refractivity contribution < 1.29 is 19.8 Å². The first kappa shape index (κ1) is 30.9. The SMILES string of the molecule is C[C@H](/C=C/CCn1cc(C(CO)c2ccccc2)nn1)[C@@]1(O)C(=O)N(Cc2ccc(N3CCCC3=O)cc2)c2ccc(Br)cc21. The van der Waals surface area contributed by atoms with E-state index in [1.165, 1.54) is 0 Å². The monoisotopic (exact) mass is 669 g/mol. The summed E-state index contributed by atoms with van der Waals surface area (Å²) in [5.41, 5.74) is 2.96. The number of anilines is 2. The fraction of sp³-hybridized carbons (Fsp3) is 0.314. The van der Waals surface area contributed by atoms with E-state index in [1.807, 2.05) is 98.1 Å². The fourth-order valence-corrected chi connectivity index (χ4v) is 6.61. The number of rotatable bonds is 11. The van der Waals surface area contributed by atoms with Gasteiger partial charge in [-0.05, 0) is 54.3 Å². The molecule has 0 aliphatic carbocycles. The molecule has 0 bridgehead atoms. The van der Waals surface area contributed by atoms with Gasteiger partial charge in [-0.3, -0.25) is 14.3 Å². The number of amides is 2. The van der Waals surface area contributed by atoms with E-state index in [1.54, 1.807) is 14.5 Å². The first-order valence-corrected chi connectivity index (χ1v) is 16.0. The van der Waals surface area contributed by atoms with Gasteiger partial charge < -0.3 is 20.0 Å². The van der Waals surface area contributed by atoms with Crippen LogP contribution in [0.15, 0.2) is 95.6 Å². The highest BCUT2D eigenvalue weighted by Gasteiger charge is 2.52. The van der Waals surface area contributed by atoms with Crippen LogP contribution in [0.1, 0.15) is 54.5 Å². The Morgan fingerprint density at radius 3 is 2.56 bits per heavy atom. The van der Waals surface area contributed by atoms with Gasteiger partial charge in [0.05, 0.1) is 30.5 Å². The van der Waals surface area contributed by atoms with E-state index in [2.05, 4.69) is 26.2 Å². The largest absolute Gasteiger partial charge is 0.395 e. The number of aliphatic hydroxyl groups excluding tert-OH is 1. The van der Waals surface area contributed by atoms with Gasteiger partial charge in [0, 0.05) is 47.3 Å². The third-order valence-corrected chi connectivity index (χ3v) is 9.29. The second-order valence-corrected chi connectivity index (χ2v) is 12.6. The molecule has 3 heterocycles. The lowest BCUT2D eigenvalue weighted by molar-refractivity contribution is -0.139. The Morgan fingerprint density at radius 2 is 1.84 bits per heavy atom. The summed E-state index contributed by atoms with van der Waals surface area (Å²) in [6.45, 7) is 3.37. The van der Waals surface area contributed by atoms with E-state index in [0.717, 1.165) is 34.3 Å². The smallest absolute Gasteiger partial charge is 0.264 e. The summed E-state index contributed by atoms with van der Waals surface area (Å²) in [4.78, 5) is 29.5. The number of nitrogens with zero attached hydrogens (tertiary/aromatic N) is 5. The Labute approximate surface area is 270 Å². The van der Waals surface area contributed by atoms with Gasteiger partial charge in [-0.25, -0.2) is 0 Å². The Bertz CT molecular complexity index is 1710. The van der Waals surface area contributed by atoms with Crippen LogP contribution in [0.3, 0.4) is 0 Å². The zero-order valence-electron chi connectivity index (χ0n) is 25.1. The van der Waals surface area contributed by atoms with Gasteiger partial charge in [0.25, 0.3) is 5.91 Å². The normalized spacial score (nSPS) is 19.5. The van der Waals surface area contributed by atoms with Crippen molar-refractivity contribution >= 4 is 39.1 Å². The molecule has 10 heteroatoms. The van der Waals surface area contributed by atoms with Crippen molar-refractivity contribution in [1.29, 1.82) is 0 Å². The number of benzene rings is 3. The maximum absolute atomic E-state index is 14.0. The van der Waals surface area contributed by atoms with Crippen LogP contribution < -0.4 is 9.80 Å². The Kier molecular flexibility index (Phi) is 8.98. The van der Waals surface area contributed by atoms with Crippen molar-refractivity contribution in [3.63, 3.8) is 0 Å². The molecule has 1 aromatic heterocycles. The number of halogens is 1. The van der Waals surface area contributed by atoms with Crippen LogP contribution in [0.25, 0.3) is 0 Å². The molecule has 232 valence electrons. The molecule has 4 aromatic rings. The standard InChI is InChI=1S/C35H36BrN5O4/c1-24(8-5-6-18-39-22-31(37-38-39)29(23-42)26-9-3-2-4-10-26)35(45)30-20-27(36)14-17-32(30)41(34(35)44)21-25-12-15-28(16-13-25)40-19-7-11-33(40)43/h2-5,8-10,12-17,20,22,24,29,42,45H,6-7,11,18-19,21,23H2,1H3/b8-5+/t24-,29?,35+/m1/s1. The molecule has 6 rings (SSSR count). The van der Waals surface area contributed by atoms with Gasteiger partial charge in [-0.1, -0.05) is 82.7 Å². The molecule has 2 amide bonds. The lowest BCUT2D eigenvalue weighted by atomic mass is 9.83. The van der Waals surface area contributed by atoms with E-state index < -0.39 is 11.5 Å². The fourth-order valence-electron chi connectivity index (χ4n) is 6.25. The third kappa shape index (κ3) is 6.10. The first-order valence-electron chi connectivity index (χ1n) is 15.3. The molecular weight excluding hydrogens is 634 g/mol. The molecule has 2 N–H and O–H groups in total. The molecule has 0 radical (unpaired) electrons. The topological polar surface area (TPSA) is 112 Å². The number of aromatic nitrogens is 3. The van der Waals surface area contributed by atoms with Crippen LogP contribution in [0.4, 0.5) is 11.4 Å². The van der Waals surface area contributed by atoms with Crippen molar-refractivity contribution in [3.05, 3.63) is 118 Å². The van der Waals surface area contributed by atoms with E-state index in [9.17, 15) is 19.8 Å². The molecule has 2 aliphatic heterocycles. The minimum atomic E-state index is -1.73. The maximum atomic E-state index is 14.0. The van der Waals surface area contributed by atoms with Crippen molar-refractivity contribution in [3.8, 4) is 0 Å². The van der Waals surface area contributed by atoms with E-state index in [0.29, 0.717) is 42.9 Å². The highest BCUT2D eigenvalue weighted by Crippen LogP contribution is 2.46. The van der Waals surface area contributed by atoms with Crippen LogP contribution in [0.2, 0.25) is 0 Å². The quantitative estimate of drug-likeness (QED) is 0.210. The van der Waals surface area contributed by atoms with E-state index in [-0.39, 0.29) is 24.3 Å². The predicted molar refractivity (Wildman–Crippen MR) is 176 cm³/mol. The van der Waals surface area contributed by atoms with Gasteiger partial charge in [0.1, 0.15) is 0 Å². The molecule has 0 spiro atoms. The van der Waals surface area contributed by atoms with Crippen molar-refractivity contribution in [2.24, 2.45) is 5.92 Å². The molecule has 1 unspecified atom stereocenters. The summed E-state index contributed by atoms with van der Waals surface area (Å²) in [7, 11) is 0. The third-order valence-electron chi connectivity index (χ3n) is 8.80. The lowest BCUT2D eigenvalue weighted by Gasteiger charge is -2.28. The molecule has 3 aromatic carbocycles. The molecule has 0 saturated carbocycles. The Balaban J connectivity index is 1.14. The molecule has 45 heavy (non-hydrogen) atoms. The van der Waals surface area contributed by atoms with Gasteiger partial charge in [-0.2, -0.15) is 0 Å². The summed E-state index contributed by atoms with van der Waals surface area (Å²) < 4.78 is 2.52. The predicted octanol–water partition coefficient (Wildman–Crippen LogP) is 5.31. The summed E-state index contributed by atoms with van der Waals surface area (Å²) in [6.07, 6.45) is 7.74. The number of aryl methyl sites for hydroxylation is 1. The summed E-state index contributed by atoms with van der Waals surface area (Å²) in [5.74, 6) is -0.987. The number of aliphatic hydroxyl groups is 2. The van der Waals surface area contributed by atoms with Crippen LogP contribution >= 0.6 is 15.9 Å². The van der Waals surface area contributed by atoms with Crippen LogP contribution in [0.5, 0.6) is 0 Å². The number of allylic oxidation sites excluding steroid dienone is 1. The number of hydrogen-bond donors (Lipinski definition) is 2. The zero-order chi connectivity index (χ0) is 31.6. The molecule has 2 aliphatic rings. The summed E-state index contributed by atoms with van der Waals surface area (Å²) in [5, 5.41) is 30.5.